The van der Waals surface area contributed by atoms with Crippen molar-refractivity contribution >= 4 is 15.7 Å². The number of hydrogen-bond acceptors (Lipinski definition) is 3. The Balaban J connectivity index is 2.85. The van der Waals surface area contributed by atoms with Crippen molar-refractivity contribution in [3.05, 3.63) is 24.3 Å². The largest absolute Gasteiger partial charge is 0.382 e. The van der Waals surface area contributed by atoms with Crippen LogP contribution in [0.3, 0.4) is 0 Å². The third-order valence-corrected chi connectivity index (χ3v) is 3.57. The summed E-state index contributed by atoms with van der Waals surface area (Å²) in [5, 5.41) is 8.41. The number of primary sulfonamides is 1. The van der Waals surface area contributed by atoms with Crippen LogP contribution in [0.25, 0.3) is 0 Å². The van der Waals surface area contributed by atoms with E-state index in [0.717, 1.165) is 24.9 Å². The summed E-state index contributed by atoms with van der Waals surface area (Å²) in [5.41, 5.74) is 0.803. The van der Waals surface area contributed by atoms with Crippen molar-refractivity contribution in [1.29, 1.82) is 0 Å². The van der Waals surface area contributed by atoms with Crippen LogP contribution in [0.2, 0.25) is 0 Å². The molecule has 0 spiro atoms. The Hall–Kier alpha value is -1.07. The normalized spacial score (nSPS) is 13.4. The zero-order chi connectivity index (χ0) is 12.9. The van der Waals surface area contributed by atoms with Crippen LogP contribution < -0.4 is 10.5 Å². The molecule has 1 atom stereocenters. The van der Waals surface area contributed by atoms with Gasteiger partial charge in [0, 0.05) is 11.7 Å². The van der Waals surface area contributed by atoms with Crippen molar-refractivity contribution in [2.75, 3.05) is 5.32 Å². The van der Waals surface area contributed by atoms with E-state index in [4.69, 9.17) is 5.14 Å². The fraction of sp³-hybridized carbons (Fsp3) is 0.500. The SMILES string of the molecule is CCCC(CC)Nc1cccc(S(N)(=O)=O)c1. The topological polar surface area (TPSA) is 72.2 Å². The van der Waals surface area contributed by atoms with Gasteiger partial charge in [-0.05, 0) is 31.0 Å². The van der Waals surface area contributed by atoms with Crippen molar-refractivity contribution in [3.8, 4) is 0 Å². The van der Waals surface area contributed by atoms with E-state index in [9.17, 15) is 8.42 Å². The molecule has 0 heterocycles. The molecule has 5 heteroatoms. The molecule has 0 saturated heterocycles. The monoisotopic (exact) mass is 256 g/mol. The van der Waals surface area contributed by atoms with Gasteiger partial charge in [-0.2, -0.15) is 0 Å². The molecule has 0 amide bonds. The van der Waals surface area contributed by atoms with Crippen LogP contribution in [-0.2, 0) is 10.0 Å². The van der Waals surface area contributed by atoms with Crippen molar-refractivity contribution in [2.45, 2.75) is 44.0 Å². The van der Waals surface area contributed by atoms with Crippen LogP contribution in [-0.4, -0.2) is 14.5 Å². The first-order valence-corrected chi connectivity index (χ1v) is 7.41. The number of sulfonamides is 1. The molecule has 0 aliphatic heterocycles. The molecule has 1 unspecified atom stereocenters. The molecule has 1 aromatic carbocycles. The van der Waals surface area contributed by atoms with Gasteiger partial charge in [0.2, 0.25) is 10.0 Å². The lowest BCUT2D eigenvalue weighted by Gasteiger charge is -2.17. The van der Waals surface area contributed by atoms with Crippen molar-refractivity contribution in [2.24, 2.45) is 5.14 Å². The Morgan fingerprint density at radius 3 is 2.59 bits per heavy atom. The Morgan fingerprint density at radius 2 is 2.06 bits per heavy atom. The molecule has 0 fully saturated rings. The molecule has 0 radical (unpaired) electrons. The molecule has 3 N–H and O–H groups in total. The molecule has 0 saturated carbocycles. The molecule has 0 aliphatic carbocycles. The summed E-state index contributed by atoms with van der Waals surface area (Å²) in [7, 11) is -3.62. The van der Waals surface area contributed by atoms with E-state index in [1.165, 1.54) is 6.07 Å². The molecule has 1 rings (SSSR count). The van der Waals surface area contributed by atoms with Crippen LogP contribution in [0.1, 0.15) is 33.1 Å². The first-order chi connectivity index (χ1) is 7.97. The third kappa shape index (κ3) is 4.36. The molecule has 0 bridgehead atoms. The fourth-order valence-electron chi connectivity index (χ4n) is 1.73. The lowest BCUT2D eigenvalue weighted by molar-refractivity contribution is 0.597. The molecular weight excluding hydrogens is 236 g/mol. The highest BCUT2D eigenvalue weighted by Gasteiger charge is 2.09. The summed E-state index contributed by atoms with van der Waals surface area (Å²) in [6.45, 7) is 4.24. The van der Waals surface area contributed by atoms with Crippen LogP contribution in [0.5, 0.6) is 0 Å². The molecule has 0 aliphatic rings. The maximum Gasteiger partial charge on any atom is 0.238 e. The van der Waals surface area contributed by atoms with E-state index < -0.39 is 10.0 Å². The molecule has 17 heavy (non-hydrogen) atoms. The second-order valence-electron chi connectivity index (χ2n) is 4.11. The van der Waals surface area contributed by atoms with Crippen LogP contribution in [0.4, 0.5) is 5.69 Å². The average Bonchev–Trinajstić information content (AvgIpc) is 2.28. The van der Waals surface area contributed by atoms with E-state index in [-0.39, 0.29) is 4.90 Å². The van der Waals surface area contributed by atoms with Gasteiger partial charge in [-0.15, -0.1) is 0 Å². The highest BCUT2D eigenvalue weighted by Crippen LogP contribution is 2.17. The van der Waals surface area contributed by atoms with Gasteiger partial charge in [0.25, 0.3) is 0 Å². The van der Waals surface area contributed by atoms with Gasteiger partial charge in [0.1, 0.15) is 0 Å². The third-order valence-electron chi connectivity index (χ3n) is 2.66. The fourth-order valence-corrected chi connectivity index (χ4v) is 2.28. The van der Waals surface area contributed by atoms with Gasteiger partial charge >= 0.3 is 0 Å². The minimum atomic E-state index is -3.62. The van der Waals surface area contributed by atoms with Crippen molar-refractivity contribution in [3.63, 3.8) is 0 Å². The predicted molar refractivity (Wildman–Crippen MR) is 70.4 cm³/mol. The second-order valence-corrected chi connectivity index (χ2v) is 5.67. The van der Waals surface area contributed by atoms with Gasteiger partial charge in [-0.25, -0.2) is 13.6 Å². The first kappa shape index (κ1) is 14.0. The van der Waals surface area contributed by atoms with E-state index in [2.05, 4.69) is 19.2 Å². The van der Waals surface area contributed by atoms with Gasteiger partial charge in [-0.1, -0.05) is 26.3 Å². The maximum atomic E-state index is 11.2. The van der Waals surface area contributed by atoms with Gasteiger partial charge in [0.15, 0.2) is 0 Å². The zero-order valence-corrected chi connectivity index (χ0v) is 11.1. The van der Waals surface area contributed by atoms with E-state index in [1.807, 2.05) is 6.07 Å². The summed E-state index contributed by atoms with van der Waals surface area (Å²) in [6.07, 6.45) is 3.17. The lowest BCUT2D eigenvalue weighted by atomic mass is 10.1. The minimum Gasteiger partial charge on any atom is -0.382 e. The van der Waals surface area contributed by atoms with Gasteiger partial charge in [-0.3, -0.25) is 0 Å². The molecule has 96 valence electrons. The summed E-state index contributed by atoms with van der Waals surface area (Å²) in [6, 6.07) is 7.00. The number of anilines is 1. The highest BCUT2D eigenvalue weighted by molar-refractivity contribution is 7.89. The van der Waals surface area contributed by atoms with E-state index in [1.54, 1.807) is 12.1 Å². The predicted octanol–water partition coefficient (Wildman–Crippen LogP) is 2.32. The van der Waals surface area contributed by atoms with Crippen LogP contribution >= 0.6 is 0 Å². The van der Waals surface area contributed by atoms with E-state index in [0.29, 0.717) is 6.04 Å². The number of nitrogens with two attached hydrogens (primary N) is 1. The lowest BCUT2D eigenvalue weighted by Crippen LogP contribution is -2.18. The number of benzene rings is 1. The molecular formula is C12H20N2O2S. The number of rotatable bonds is 6. The number of nitrogens with one attached hydrogen (secondary N) is 1. The summed E-state index contributed by atoms with van der Waals surface area (Å²) < 4.78 is 22.4. The molecule has 1 aromatic rings. The van der Waals surface area contributed by atoms with Gasteiger partial charge < -0.3 is 5.32 Å². The molecule has 4 nitrogen and oxygen atoms in total. The zero-order valence-electron chi connectivity index (χ0n) is 10.3. The Labute approximate surface area is 103 Å². The second kappa shape index (κ2) is 6.02. The average molecular weight is 256 g/mol. The van der Waals surface area contributed by atoms with Crippen LogP contribution in [0.15, 0.2) is 29.2 Å². The molecule has 0 aromatic heterocycles. The Morgan fingerprint density at radius 1 is 1.35 bits per heavy atom. The van der Waals surface area contributed by atoms with Crippen molar-refractivity contribution < 1.29 is 8.42 Å². The summed E-state index contributed by atoms with van der Waals surface area (Å²) in [5.74, 6) is 0. The van der Waals surface area contributed by atoms with Crippen LogP contribution in [0, 0.1) is 0 Å². The maximum absolute atomic E-state index is 11.2. The number of hydrogen-bond donors (Lipinski definition) is 2. The highest BCUT2D eigenvalue weighted by atomic mass is 32.2. The van der Waals surface area contributed by atoms with E-state index >= 15 is 0 Å². The summed E-state index contributed by atoms with van der Waals surface area (Å²) >= 11 is 0. The van der Waals surface area contributed by atoms with Crippen molar-refractivity contribution in [1.82, 2.24) is 0 Å². The quantitative estimate of drug-likeness (QED) is 0.820. The summed E-state index contributed by atoms with van der Waals surface area (Å²) in [4.78, 5) is 0.147. The first-order valence-electron chi connectivity index (χ1n) is 5.86. The smallest absolute Gasteiger partial charge is 0.238 e. The van der Waals surface area contributed by atoms with Gasteiger partial charge in [0.05, 0.1) is 4.90 Å². The minimum absolute atomic E-state index is 0.147. The standard InChI is InChI=1S/C12H20N2O2S/c1-3-6-10(4-2)14-11-7-5-8-12(9-11)17(13,15)16/h5,7-10,14H,3-4,6H2,1-2H3,(H2,13,15,16). The Kier molecular flexibility index (Phi) is 4.96. The Bertz CT molecular complexity index is 457.